The van der Waals surface area contributed by atoms with E-state index in [4.69, 9.17) is 132 Å². The highest BCUT2D eigenvalue weighted by atomic mass is 35.5. The highest BCUT2D eigenvalue weighted by molar-refractivity contribution is 6.42. The number of nitrogens with one attached hydrogen (secondary N) is 6. The predicted molar refractivity (Wildman–Crippen MR) is 518 cm³/mol. The van der Waals surface area contributed by atoms with Gasteiger partial charge in [0.1, 0.15) is 23.1 Å². The van der Waals surface area contributed by atoms with Crippen LogP contribution in [0, 0.1) is 18.6 Å². The fourth-order valence-electron chi connectivity index (χ4n) is 16.0. The number of hydrogen-bond acceptors (Lipinski definition) is 22. The molecular formula is C98H70Cl11F2N9O19. The van der Waals surface area contributed by atoms with Crippen molar-refractivity contribution in [2.24, 2.45) is 0 Å². The number of rotatable bonds is 20. The molecule has 6 aliphatic heterocycles. The number of ketones is 6. The molecule has 3 aromatic heterocycles. The number of aliphatic hydroxyl groups is 6. The molecule has 12 aromatic rings. The van der Waals surface area contributed by atoms with E-state index in [2.05, 4.69) is 46.9 Å². The van der Waals surface area contributed by atoms with Crippen molar-refractivity contribution in [3.8, 4) is 5.75 Å². The molecule has 0 spiro atoms. The molecule has 9 heterocycles. The molecule has 6 atom stereocenters. The van der Waals surface area contributed by atoms with Gasteiger partial charge in [-0.15, -0.1) is 0 Å². The topological polar surface area (TPSA) is 446 Å². The molecular weight excluding hydrogens is 2040 g/mol. The lowest BCUT2D eigenvalue weighted by molar-refractivity contribution is -0.133. The summed E-state index contributed by atoms with van der Waals surface area (Å²) in [6.45, 7) is 1.91. The van der Waals surface area contributed by atoms with Crippen LogP contribution in [0.4, 0.5) is 42.9 Å². The van der Waals surface area contributed by atoms with E-state index in [-0.39, 0.29) is 145 Å². The molecule has 0 bridgehead atoms. The SMILES string of the molecule is COc1ccc(C(=O)CC2(O)C(=O)Nc3c(F)ccc(Cl)c32)cc1.Cc1ccc(C(=O)CC2(O)C(=O)Nc3c(Cl)ccc(Cl)c32)cc1.O=C(CC1(O)C(=O)Nc2c(Cl)ccc(Cl)c21)c1ccc(C2CC2)cc1F.O=C(CC1(O)C(=O)Nc2c(Cl)ccc(Cl)c21)c1ccccn1.O=C(CC1(O)C(=O)Nc2c(Cl)ccc(Cl)c21)c1cccnc1.O=C(CC1(O)C(=O)Nc2c(Cl)ccc(Cl)c21)c1ccncc1. The van der Waals surface area contributed by atoms with E-state index >= 15 is 0 Å². The molecule has 28 nitrogen and oxygen atoms in total. The largest absolute Gasteiger partial charge is 0.497 e. The lowest BCUT2D eigenvalue weighted by atomic mass is 9.87. The average Bonchev–Trinajstić information content (AvgIpc) is 1.62. The molecule has 9 aromatic carbocycles. The van der Waals surface area contributed by atoms with Crippen molar-refractivity contribution < 1.29 is 102 Å². The number of hydrogen-bond donors (Lipinski definition) is 12. The zero-order valence-corrected chi connectivity index (χ0v) is 80.0. The molecule has 1 saturated carbocycles. The number of Topliss-reactive ketones (excluding diaryl/α,β-unsaturated/α-hetero) is 6. The first-order chi connectivity index (χ1) is 65.8. The standard InChI is InChI=1S/C19H14Cl2FNO3.C17H13Cl2NO3.C17H13ClFNO4.3C15H10Cl2N2O3/c20-12-5-6-13(21)17-16(12)19(26,18(25)23-17)8-15(24)11-4-3-10(7-14(11)22)9-1-2-9;1-9-2-4-10(5-3-9)13(21)8-17(23)14-11(18)6-7-12(19)15(14)20-16(17)22;1-24-10-4-2-9(3-5-10)13(21)8-17(23)14-11(18)6-7-12(19)15(14)20-16(17)22;16-9-1-2-10(17)13-12(9)15(22,14(21)19-13)7-11(20)8-3-5-18-6-4-8;16-9-3-4-10(17)13-12(9)15(22,14(21)19-13)6-11(20)8-2-1-5-18-7-8;16-8-4-5-9(17)13-12(8)15(22,14(21)19-13)7-11(20)10-3-1-2-6-18-10/h3-7,9,26H,1-2,8H2,(H,23,25);2-7,23H,8H2,1H3,(H,20,22);2-7,23H,8H2,1H3,(H,20,22);1-6,22H,7H2,(H,19,21);1-5,7,22H,6H2,(H,19,21);1-6,22H,7H2,(H,19,21). The Morgan fingerprint density at radius 3 is 1.00 bits per heavy atom. The molecule has 0 radical (unpaired) electrons. The number of anilines is 6. The third-order valence-corrected chi connectivity index (χ3v) is 26.8. The van der Waals surface area contributed by atoms with Gasteiger partial charge in [-0.25, -0.2) is 8.78 Å². The van der Waals surface area contributed by atoms with Crippen molar-refractivity contribution in [2.75, 3.05) is 39.0 Å². The third-order valence-electron chi connectivity index (χ3n) is 23.4. The zero-order chi connectivity index (χ0) is 101. The number of fused-ring (bicyclic) bond motifs is 6. The molecule has 1 aliphatic carbocycles. The van der Waals surface area contributed by atoms with Crippen molar-refractivity contribution in [1.29, 1.82) is 0 Å². The summed E-state index contributed by atoms with van der Waals surface area (Å²) in [5, 5.41) is 81.4. The second kappa shape index (κ2) is 41.4. The summed E-state index contributed by atoms with van der Waals surface area (Å²) in [6.07, 6.45) is 6.37. The Kier molecular flexibility index (Phi) is 30.6. The number of benzene rings is 9. The summed E-state index contributed by atoms with van der Waals surface area (Å²) < 4.78 is 33.2. The number of pyridine rings is 3. The van der Waals surface area contributed by atoms with Crippen LogP contribution in [0.15, 0.2) is 213 Å². The van der Waals surface area contributed by atoms with E-state index in [1.807, 2.05) is 6.92 Å². The van der Waals surface area contributed by atoms with Crippen LogP contribution in [-0.4, -0.2) is 123 Å². The first kappa shape index (κ1) is 103. The summed E-state index contributed by atoms with van der Waals surface area (Å²) in [7, 11) is 1.50. The van der Waals surface area contributed by atoms with Gasteiger partial charge in [0, 0.05) is 117 Å². The predicted octanol–water partition coefficient (Wildman–Crippen LogP) is 19.4. The normalized spacial score (nSPS) is 19.8. The first-order valence-electron chi connectivity index (χ1n) is 41.3. The molecule has 7 aliphatic rings. The summed E-state index contributed by atoms with van der Waals surface area (Å²) >= 11 is 66.6. The van der Waals surface area contributed by atoms with E-state index in [0.717, 1.165) is 30.0 Å². The number of aryl methyl sites for hydroxylation is 1. The minimum Gasteiger partial charge on any atom is -0.497 e. The number of nitrogens with zero attached hydrogens (tertiary/aromatic N) is 3. The van der Waals surface area contributed by atoms with Crippen LogP contribution in [0.5, 0.6) is 5.75 Å². The Morgan fingerprint density at radius 2 is 0.662 bits per heavy atom. The Morgan fingerprint density at radius 1 is 0.338 bits per heavy atom. The molecule has 41 heteroatoms. The van der Waals surface area contributed by atoms with Gasteiger partial charge in [0.15, 0.2) is 68.3 Å². The summed E-state index contributed by atoms with van der Waals surface area (Å²) in [5.41, 5.74) is -7.98. The number of halogens is 13. The fourth-order valence-corrected chi connectivity index (χ4v) is 18.9. The van der Waals surface area contributed by atoms with E-state index in [0.29, 0.717) is 28.4 Å². The maximum atomic E-state index is 14.4. The number of carbonyl (C=O) groups is 12. The maximum Gasteiger partial charge on any atom is 0.261 e. The van der Waals surface area contributed by atoms with E-state index < -0.39 is 148 Å². The van der Waals surface area contributed by atoms with Crippen LogP contribution < -0.4 is 36.6 Å². The van der Waals surface area contributed by atoms with Crippen LogP contribution in [0.2, 0.25) is 55.2 Å². The molecule has 6 amide bonds. The molecule has 1 fully saturated rings. The lowest BCUT2D eigenvalue weighted by Crippen LogP contribution is -2.36. The minimum atomic E-state index is -2.22. The average molecular weight is 2110 g/mol. The Balaban J connectivity index is 0.000000133. The lowest BCUT2D eigenvalue weighted by Gasteiger charge is -2.21. The smallest absolute Gasteiger partial charge is 0.261 e. The summed E-state index contributed by atoms with van der Waals surface area (Å²) in [4.78, 5) is 159. The fraction of sp³-hybridized carbons (Fsp3) is 0.173. The van der Waals surface area contributed by atoms with E-state index in [1.165, 1.54) is 147 Å². The first-order valence-corrected chi connectivity index (χ1v) is 45.5. The van der Waals surface area contributed by atoms with Gasteiger partial charge in [-0.2, -0.15) is 0 Å². The van der Waals surface area contributed by atoms with Crippen molar-refractivity contribution in [1.82, 2.24) is 15.0 Å². The summed E-state index contributed by atoms with van der Waals surface area (Å²) in [6, 6.07) is 45.8. The number of ether oxygens (including phenoxy) is 1. The van der Waals surface area contributed by atoms with Crippen LogP contribution >= 0.6 is 128 Å². The highest BCUT2D eigenvalue weighted by Gasteiger charge is 2.56. The number of aromatic nitrogens is 3. The molecule has 12 N–H and O–H groups in total. The van der Waals surface area contributed by atoms with Gasteiger partial charge in [-0.05, 0) is 177 Å². The molecule has 6 unspecified atom stereocenters. The maximum absolute atomic E-state index is 14.4. The van der Waals surface area contributed by atoms with Crippen molar-refractivity contribution in [2.45, 2.75) is 97.8 Å². The van der Waals surface area contributed by atoms with E-state index in [1.54, 1.807) is 66.7 Å². The molecule has 712 valence electrons. The van der Waals surface area contributed by atoms with Crippen LogP contribution in [0.25, 0.3) is 0 Å². The Labute approximate surface area is 842 Å². The van der Waals surface area contributed by atoms with Gasteiger partial charge < -0.3 is 67.3 Å². The minimum absolute atomic E-state index is 0.00906. The molecule has 19 rings (SSSR count). The van der Waals surface area contributed by atoms with Crippen molar-refractivity contribution in [3.05, 3.63) is 358 Å². The zero-order valence-electron chi connectivity index (χ0n) is 71.7. The van der Waals surface area contributed by atoms with Gasteiger partial charge in [-0.1, -0.05) is 170 Å². The number of amides is 6. The van der Waals surface area contributed by atoms with Gasteiger partial charge in [0.25, 0.3) is 35.4 Å². The molecule has 139 heavy (non-hydrogen) atoms. The van der Waals surface area contributed by atoms with Crippen LogP contribution in [-0.2, 0) is 62.4 Å². The van der Waals surface area contributed by atoms with Gasteiger partial charge in [0.05, 0.1) is 110 Å². The van der Waals surface area contributed by atoms with Gasteiger partial charge >= 0.3 is 0 Å². The third kappa shape index (κ3) is 20.6. The van der Waals surface area contributed by atoms with Gasteiger partial charge in [-0.3, -0.25) is 72.5 Å². The second-order valence-corrected chi connectivity index (χ2v) is 36.9. The van der Waals surface area contributed by atoms with Crippen molar-refractivity contribution in [3.63, 3.8) is 0 Å². The Hall–Kier alpha value is -12.1. The molecule has 0 saturated heterocycles. The van der Waals surface area contributed by atoms with Gasteiger partial charge in [0.2, 0.25) is 0 Å². The second-order valence-electron chi connectivity index (χ2n) is 32.5. The highest BCUT2D eigenvalue weighted by Crippen LogP contribution is 2.54. The van der Waals surface area contributed by atoms with Crippen LogP contribution in [0.1, 0.15) is 164 Å². The summed E-state index contributed by atoms with van der Waals surface area (Å²) in [5.74, 6) is -7.86. The quantitative estimate of drug-likeness (QED) is 0.0315. The Bertz CT molecular complexity index is 6790. The monoisotopic (exact) mass is 2100 g/mol. The van der Waals surface area contributed by atoms with Crippen molar-refractivity contribution >= 4 is 232 Å². The number of carbonyl (C=O) groups excluding carboxylic acids is 12. The number of methoxy groups -OCH3 is 1. The van der Waals surface area contributed by atoms with Crippen LogP contribution in [0.3, 0.4) is 0 Å². The van der Waals surface area contributed by atoms with E-state index in [9.17, 15) is 97.0 Å².